The van der Waals surface area contributed by atoms with Crippen molar-refractivity contribution >= 4 is 15.9 Å². The second-order valence-corrected chi connectivity index (χ2v) is 5.95. The number of rotatable bonds is 2. The summed E-state index contributed by atoms with van der Waals surface area (Å²) in [6.07, 6.45) is 1.85. The molecule has 18 heavy (non-hydrogen) atoms. The topological polar surface area (TPSA) is 19.4 Å². The number of hydrogen-bond donors (Lipinski definition) is 0. The maximum Gasteiger partial charge on any atom is 0.0583 e. The monoisotopic (exact) mass is 309 g/mol. The molecule has 0 saturated carbocycles. The van der Waals surface area contributed by atoms with Gasteiger partial charge in [0.2, 0.25) is 0 Å². The fourth-order valence-corrected chi connectivity index (χ4v) is 2.67. The molecule has 0 bridgehead atoms. The van der Waals surface area contributed by atoms with E-state index in [2.05, 4.69) is 64.3 Å². The highest BCUT2D eigenvalue weighted by atomic mass is 79.9. The summed E-state index contributed by atoms with van der Waals surface area (Å²) in [6.45, 7) is 10.5. The number of likely N-dealkylation sites (N-methyl/N-ethyl adjacent to an activating group) is 1. The van der Waals surface area contributed by atoms with Crippen LogP contribution in [-0.4, -0.2) is 41.0 Å². The summed E-state index contributed by atoms with van der Waals surface area (Å²) in [6, 6.07) is 4.87. The number of halogens is 1. The van der Waals surface area contributed by atoms with Gasteiger partial charge in [-0.25, -0.2) is 0 Å². The lowest BCUT2D eigenvalue weighted by molar-refractivity contribution is 0.112. The second kappa shape index (κ2) is 5.41. The van der Waals surface area contributed by atoms with E-state index in [9.17, 15) is 0 Å². The summed E-state index contributed by atoms with van der Waals surface area (Å²) in [5.41, 5.74) is 2.28. The molecule has 2 heterocycles. The van der Waals surface area contributed by atoms with Crippen molar-refractivity contribution in [2.45, 2.75) is 25.9 Å². The summed E-state index contributed by atoms with van der Waals surface area (Å²) in [4.78, 5) is 9.16. The maximum absolute atomic E-state index is 4.47. The number of pyridine rings is 1. The predicted octanol–water partition coefficient (Wildman–Crippen LogP) is 3.05. The van der Waals surface area contributed by atoms with E-state index in [-0.39, 0.29) is 0 Å². The predicted molar refractivity (Wildman–Crippen MR) is 78.3 cm³/mol. The van der Waals surface area contributed by atoms with Gasteiger partial charge in [-0.2, -0.15) is 0 Å². The minimum Gasteiger partial charge on any atom is -0.373 e. The maximum atomic E-state index is 4.47. The van der Waals surface area contributed by atoms with Gasteiger partial charge in [0.1, 0.15) is 0 Å². The number of hydrogen-bond acceptors (Lipinski definition) is 3. The normalized spacial score (nSPS) is 23.2. The third kappa shape index (κ3) is 2.75. The number of aromatic nitrogens is 1. The largest absolute Gasteiger partial charge is 0.373 e. The van der Waals surface area contributed by atoms with Crippen molar-refractivity contribution in [3.8, 4) is 0 Å². The van der Waals surface area contributed by atoms with Gasteiger partial charge in [0.25, 0.3) is 0 Å². The van der Waals surface area contributed by atoms with Gasteiger partial charge < -0.3 is 4.90 Å². The lowest BCUT2D eigenvalue weighted by Crippen LogP contribution is -2.49. The summed E-state index contributed by atoms with van der Waals surface area (Å²) in [7, 11) is 2.12. The van der Waals surface area contributed by atoms with E-state index in [0.717, 1.165) is 23.3 Å². The van der Waals surface area contributed by atoms with Crippen molar-refractivity contribution < 1.29 is 0 Å². The Kier molecular flexibility index (Phi) is 4.07. The molecule has 1 fully saturated rings. The minimum absolute atomic E-state index is 0.315. The zero-order chi connectivity index (χ0) is 13.3. The standard InChI is InChI=1S/C14H20BrN3/c1-10-8-18(9-11(2)17(10)4)12(3)14-7-13(15)5-6-16-14/h5-7,11-12H,1,8-9H2,2-4H3/t11-,12+/m1/s1. The van der Waals surface area contributed by atoms with Crippen LogP contribution < -0.4 is 0 Å². The van der Waals surface area contributed by atoms with Gasteiger partial charge in [-0.05, 0) is 26.0 Å². The first-order valence-corrected chi connectivity index (χ1v) is 7.04. The van der Waals surface area contributed by atoms with Gasteiger partial charge in [-0.3, -0.25) is 9.88 Å². The van der Waals surface area contributed by atoms with E-state index < -0.39 is 0 Å². The smallest absolute Gasteiger partial charge is 0.0583 e. The summed E-state index contributed by atoms with van der Waals surface area (Å²) < 4.78 is 1.08. The van der Waals surface area contributed by atoms with Crippen LogP contribution in [0.5, 0.6) is 0 Å². The molecule has 4 heteroatoms. The van der Waals surface area contributed by atoms with Gasteiger partial charge in [0.05, 0.1) is 5.69 Å². The Bertz CT molecular complexity index is 446. The summed E-state index contributed by atoms with van der Waals surface area (Å²) >= 11 is 3.50. The van der Waals surface area contributed by atoms with Gasteiger partial charge in [0.15, 0.2) is 0 Å². The molecule has 0 aromatic carbocycles. The van der Waals surface area contributed by atoms with Crippen molar-refractivity contribution in [2.24, 2.45) is 0 Å². The van der Waals surface area contributed by atoms with Crippen LogP contribution >= 0.6 is 15.9 Å². The molecule has 1 saturated heterocycles. The van der Waals surface area contributed by atoms with Crippen molar-refractivity contribution in [2.75, 3.05) is 20.1 Å². The molecule has 0 N–H and O–H groups in total. The summed E-state index contributed by atoms with van der Waals surface area (Å²) in [5, 5.41) is 0. The molecule has 0 unspecified atom stereocenters. The molecule has 1 aromatic heterocycles. The van der Waals surface area contributed by atoms with Crippen LogP contribution in [0, 0.1) is 0 Å². The Morgan fingerprint density at radius 1 is 1.56 bits per heavy atom. The molecule has 0 amide bonds. The van der Waals surface area contributed by atoms with Crippen molar-refractivity contribution in [3.05, 3.63) is 40.8 Å². The van der Waals surface area contributed by atoms with Crippen LogP contribution in [0.4, 0.5) is 0 Å². The summed E-state index contributed by atoms with van der Waals surface area (Å²) in [5.74, 6) is 0. The Labute approximate surface area is 118 Å². The van der Waals surface area contributed by atoms with Gasteiger partial charge in [-0.15, -0.1) is 0 Å². The van der Waals surface area contributed by atoms with Crippen molar-refractivity contribution in [3.63, 3.8) is 0 Å². The third-order valence-corrected chi connectivity index (χ3v) is 4.26. The van der Waals surface area contributed by atoms with E-state index in [4.69, 9.17) is 0 Å². The quantitative estimate of drug-likeness (QED) is 0.837. The average molecular weight is 310 g/mol. The molecule has 0 spiro atoms. The second-order valence-electron chi connectivity index (χ2n) is 5.03. The Balaban J connectivity index is 2.14. The highest BCUT2D eigenvalue weighted by molar-refractivity contribution is 9.10. The van der Waals surface area contributed by atoms with Crippen LogP contribution in [0.15, 0.2) is 35.1 Å². The SMILES string of the molecule is C=C1CN([C@@H](C)c2cc(Br)ccn2)C[C@@H](C)N1C. The first-order valence-electron chi connectivity index (χ1n) is 6.25. The van der Waals surface area contributed by atoms with Crippen LogP contribution in [0.2, 0.25) is 0 Å². The molecule has 1 aliphatic heterocycles. The Morgan fingerprint density at radius 3 is 2.89 bits per heavy atom. The molecule has 98 valence electrons. The molecule has 0 radical (unpaired) electrons. The molecule has 1 aliphatic rings. The zero-order valence-corrected chi connectivity index (χ0v) is 12.8. The molecule has 2 rings (SSSR count). The van der Waals surface area contributed by atoms with Crippen LogP contribution in [0.3, 0.4) is 0 Å². The fraction of sp³-hybridized carbons (Fsp3) is 0.500. The van der Waals surface area contributed by atoms with E-state index in [1.54, 1.807) is 0 Å². The van der Waals surface area contributed by atoms with E-state index >= 15 is 0 Å². The van der Waals surface area contributed by atoms with Crippen LogP contribution in [0.25, 0.3) is 0 Å². The third-order valence-electron chi connectivity index (χ3n) is 3.76. The Hall–Kier alpha value is -0.870. The van der Waals surface area contributed by atoms with Gasteiger partial charge >= 0.3 is 0 Å². The molecule has 1 aromatic rings. The number of nitrogens with zero attached hydrogens (tertiary/aromatic N) is 3. The lowest BCUT2D eigenvalue weighted by atomic mass is 10.1. The van der Waals surface area contributed by atoms with Crippen LogP contribution in [-0.2, 0) is 0 Å². The lowest BCUT2D eigenvalue weighted by Gasteiger charge is -2.42. The highest BCUT2D eigenvalue weighted by Crippen LogP contribution is 2.26. The van der Waals surface area contributed by atoms with E-state index in [1.165, 1.54) is 5.70 Å². The molecule has 3 nitrogen and oxygen atoms in total. The number of piperazine rings is 1. The van der Waals surface area contributed by atoms with E-state index in [1.807, 2.05) is 12.3 Å². The first-order chi connectivity index (χ1) is 8.49. The molecular formula is C14H20BrN3. The molecule has 0 aliphatic carbocycles. The first kappa shape index (κ1) is 13.6. The minimum atomic E-state index is 0.315. The van der Waals surface area contributed by atoms with E-state index in [0.29, 0.717) is 12.1 Å². The highest BCUT2D eigenvalue weighted by Gasteiger charge is 2.27. The van der Waals surface area contributed by atoms with Gasteiger partial charge in [-0.1, -0.05) is 22.5 Å². The zero-order valence-electron chi connectivity index (χ0n) is 11.2. The fourth-order valence-electron chi connectivity index (χ4n) is 2.32. The Morgan fingerprint density at radius 2 is 2.28 bits per heavy atom. The van der Waals surface area contributed by atoms with Crippen LogP contribution in [0.1, 0.15) is 25.6 Å². The van der Waals surface area contributed by atoms with Crippen molar-refractivity contribution in [1.29, 1.82) is 0 Å². The van der Waals surface area contributed by atoms with Crippen molar-refractivity contribution in [1.82, 2.24) is 14.8 Å². The molecule has 2 atom stereocenters. The average Bonchev–Trinajstić information content (AvgIpc) is 2.34. The molecular weight excluding hydrogens is 290 g/mol. The van der Waals surface area contributed by atoms with Gasteiger partial charge in [0, 0.05) is 48.6 Å².